The van der Waals surface area contributed by atoms with E-state index in [0.29, 0.717) is 0 Å². The number of fused-ring (bicyclic) bond motifs is 1. The largest absolute Gasteiger partial charge is 0.506 e. The van der Waals surface area contributed by atoms with Crippen molar-refractivity contribution >= 4 is 11.9 Å². The lowest BCUT2D eigenvalue weighted by molar-refractivity contribution is 0.0441. The zero-order chi connectivity index (χ0) is 10.7. The molecule has 1 aromatic heterocycles. The van der Waals surface area contributed by atoms with Crippen molar-refractivity contribution in [2.75, 3.05) is 0 Å². The Bertz CT molecular complexity index is 386. The Morgan fingerprint density at radius 3 is 2.57 bits per heavy atom. The molecule has 0 unspecified atom stereocenters. The van der Waals surface area contributed by atoms with Gasteiger partial charge in [-0.05, 0) is 6.07 Å². The van der Waals surface area contributed by atoms with Gasteiger partial charge in [0.1, 0.15) is 5.75 Å². The van der Waals surface area contributed by atoms with Gasteiger partial charge in [-0.2, -0.15) is 0 Å². The maximum absolute atomic E-state index is 10.8. The van der Waals surface area contributed by atoms with Gasteiger partial charge in [-0.15, -0.1) is 0 Å². The number of pyridine rings is 1. The van der Waals surface area contributed by atoms with Crippen LogP contribution in [0.1, 0.15) is 34.7 Å². The van der Waals surface area contributed by atoms with Crippen LogP contribution in [0.15, 0.2) is 12.3 Å². The lowest BCUT2D eigenvalue weighted by Gasteiger charge is -1.90. The fourth-order valence-electron chi connectivity index (χ4n) is 0.960. The Labute approximate surface area is 80.3 Å². The van der Waals surface area contributed by atoms with Gasteiger partial charge in [-0.25, -0.2) is 14.6 Å². The average Bonchev–Trinajstić information content (AvgIpc) is 2.46. The SMILES string of the molecule is CC.O=C1OC(=O)c2ncc(O)cc21. The molecule has 14 heavy (non-hydrogen) atoms. The van der Waals surface area contributed by atoms with E-state index >= 15 is 0 Å². The van der Waals surface area contributed by atoms with Crippen molar-refractivity contribution in [3.63, 3.8) is 0 Å². The predicted octanol–water partition coefficient (Wildman–Crippen LogP) is 1.12. The summed E-state index contributed by atoms with van der Waals surface area (Å²) < 4.78 is 4.24. The standard InChI is InChI=1S/C7H3NO4.C2H6/c9-3-1-4-5(8-2-3)7(11)12-6(4)10;1-2/h1-2,9H;1-2H3. The van der Waals surface area contributed by atoms with Gasteiger partial charge < -0.3 is 9.84 Å². The molecular weight excluding hydrogens is 186 g/mol. The topological polar surface area (TPSA) is 76.5 Å². The van der Waals surface area contributed by atoms with Crippen LogP contribution in [0.2, 0.25) is 0 Å². The molecule has 2 heterocycles. The predicted molar refractivity (Wildman–Crippen MR) is 47.0 cm³/mol. The number of carbonyl (C=O) groups is 2. The third kappa shape index (κ3) is 1.56. The van der Waals surface area contributed by atoms with Gasteiger partial charge in [-0.3, -0.25) is 0 Å². The Hall–Kier alpha value is -1.91. The summed E-state index contributed by atoms with van der Waals surface area (Å²) in [6, 6.07) is 1.15. The molecule has 0 bridgehead atoms. The van der Waals surface area contributed by atoms with Crippen molar-refractivity contribution in [1.29, 1.82) is 0 Å². The summed E-state index contributed by atoms with van der Waals surface area (Å²) in [6.45, 7) is 4.00. The number of ether oxygens (including phenoxy) is 1. The zero-order valence-electron chi connectivity index (χ0n) is 7.77. The number of hydrogen-bond acceptors (Lipinski definition) is 5. The average molecular weight is 195 g/mol. The molecule has 74 valence electrons. The van der Waals surface area contributed by atoms with Crippen LogP contribution in [0.3, 0.4) is 0 Å². The normalized spacial score (nSPS) is 12.7. The molecule has 0 saturated heterocycles. The van der Waals surface area contributed by atoms with E-state index in [4.69, 9.17) is 5.11 Å². The molecule has 0 saturated carbocycles. The van der Waals surface area contributed by atoms with Crippen LogP contribution in [0.5, 0.6) is 5.75 Å². The first-order valence-corrected chi connectivity index (χ1v) is 4.14. The summed E-state index contributed by atoms with van der Waals surface area (Å²) in [5.74, 6) is -1.70. The maximum atomic E-state index is 10.8. The summed E-state index contributed by atoms with van der Waals surface area (Å²) in [5, 5.41) is 8.92. The van der Waals surface area contributed by atoms with E-state index < -0.39 is 11.9 Å². The van der Waals surface area contributed by atoms with Gasteiger partial charge >= 0.3 is 11.9 Å². The maximum Gasteiger partial charge on any atom is 0.365 e. The molecule has 5 nitrogen and oxygen atoms in total. The molecule has 0 spiro atoms. The molecule has 0 amide bonds. The number of aromatic nitrogens is 1. The fourth-order valence-corrected chi connectivity index (χ4v) is 0.960. The number of nitrogens with zero attached hydrogens (tertiary/aromatic N) is 1. The molecule has 0 fully saturated rings. The van der Waals surface area contributed by atoms with Gasteiger partial charge in [-0.1, -0.05) is 13.8 Å². The smallest absolute Gasteiger partial charge is 0.365 e. The molecule has 2 rings (SSSR count). The third-order valence-corrected chi connectivity index (χ3v) is 1.47. The van der Waals surface area contributed by atoms with Crippen molar-refractivity contribution in [3.8, 4) is 5.75 Å². The Morgan fingerprint density at radius 2 is 1.93 bits per heavy atom. The van der Waals surface area contributed by atoms with E-state index in [1.165, 1.54) is 0 Å². The fraction of sp³-hybridized carbons (Fsp3) is 0.222. The third-order valence-electron chi connectivity index (χ3n) is 1.47. The minimum Gasteiger partial charge on any atom is -0.506 e. The first kappa shape index (κ1) is 10.2. The van der Waals surface area contributed by atoms with Gasteiger partial charge in [0, 0.05) is 0 Å². The molecule has 1 aromatic rings. The van der Waals surface area contributed by atoms with Crippen molar-refractivity contribution in [2.24, 2.45) is 0 Å². The van der Waals surface area contributed by atoms with E-state index in [-0.39, 0.29) is 17.0 Å². The minimum atomic E-state index is -0.769. The quantitative estimate of drug-likeness (QED) is 0.496. The van der Waals surface area contributed by atoms with Crippen LogP contribution in [-0.2, 0) is 4.74 Å². The van der Waals surface area contributed by atoms with E-state index in [1.54, 1.807) is 0 Å². The second-order valence-corrected chi connectivity index (χ2v) is 2.27. The summed E-state index contributed by atoms with van der Waals surface area (Å²) >= 11 is 0. The molecular formula is C9H9NO4. The molecule has 0 atom stereocenters. The Balaban J connectivity index is 0.000000461. The van der Waals surface area contributed by atoms with Crippen molar-refractivity contribution in [1.82, 2.24) is 4.98 Å². The second kappa shape index (κ2) is 3.87. The minimum absolute atomic E-state index is 0.0139. The summed E-state index contributed by atoms with van der Waals surface area (Å²) in [4.78, 5) is 25.2. The molecule has 0 radical (unpaired) electrons. The first-order valence-electron chi connectivity index (χ1n) is 4.14. The van der Waals surface area contributed by atoms with Crippen LogP contribution in [-0.4, -0.2) is 22.0 Å². The van der Waals surface area contributed by atoms with Crippen molar-refractivity contribution < 1.29 is 19.4 Å². The molecule has 0 aliphatic carbocycles. The van der Waals surface area contributed by atoms with Gasteiger partial charge in [0.15, 0.2) is 5.69 Å². The lowest BCUT2D eigenvalue weighted by atomic mass is 10.2. The number of cyclic esters (lactones) is 2. The highest BCUT2D eigenvalue weighted by Gasteiger charge is 2.31. The summed E-state index contributed by atoms with van der Waals surface area (Å²) in [6.07, 6.45) is 1.08. The molecule has 1 N–H and O–H groups in total. The van der Waals surface area contributed by atoms with E-state index in [9.17, 15) is 9.59 Å². The van der Waals surface area contributed by atoms with Gasteiger partial charge in [0.05, 0.1) is 11.8 Å². The number of rotatable bonds is 0. The number of carbonyl (C=O) groups excluding carboxylic acids is 2. The van der Waals surface area contributed by atoms with E-state index in [1.807, 2.05) is 13.8 Å². The van der Waals surface area contributed by atoms with Crippen LogP contribution in [0.4, 0.5) is 0 Å². The van der Waals surface area contributed by atoms with Gasteiger partial charge in [0.25, 0.3) is 0 Å². The summed E-state index contributed by atoms with van der Waals surface area (Å²) in [7, 11) is 0. The highest BCUT2D eigenvalue weighted by atomic mass is 16.6. The number of esters is 2. The van der Waals surface area contributed by atoms with E-state index in [0.717, 1.165) is 12.3 Å². The van der Waals surface area contributed by atoms with Crippen LogP contribution in [0.25, 0.3) is 0 Å². The molecule has 5 heteroatoms. The summed E-state index contributed by atoms with van der Waals surface area (Å²) in [5.41, 5.74) is -0.0298. The highest BCUT2D eigenvalue weighted by molar-refractivity contribution is 6.13. The van der Waals surface area contributed by atoms with Crippen molar-refractivity contribution in [3.05, 3.63) is 23.5 Å². The Kier molecular flexibility index (Phi) is 2.81. The highest BCUT2D eigenvalue weighted by Crippen LogP contribution is 2.20. The molecule has 0 aromatic carbocycles. The lowest BCUT2D eigenvalue weighted by Crippen LogP contribution is -1.97. The van der Waals surface area contributed by atoms with Crippen LogP contribution in [0, 0.1) is 0 Å². The second-order valence-electron chi connectivity index (χ2n) is 2.27. The van der Waals surface area contributed by atoms with Crippen LogP contribution < -0.4 is 0 Å². The van der Waals surface area contributed by atoms with E-state index in [2.05, 4.69) is 9.72 Å². The van der Waals surface area contributed by atoms with Gasteiger partial charge in [0.2, 0.25) is 0 Å². The Morgan fingerprint density at radius 1 is 1.29 bits per heavy atom. The number of aromatic hydroxyl groups is 1. The van der Waals surface area contributed by atoms with Crippen molar-refractivity contribution in [2.45, 2.75) is 13.8 Å². The van der Waals surface area contributed by atoms with Crippen LogP contribution >= 0.6 is 0 Å². The number of hydrogen-bond donors (Lipinski definition) is 1. The first-order chi connectivity index (χ1) is 6.68. The molecule has 1 aliphatic rings. The zero-order valence-corrected chi connectivity index (χ0v) is 7.77. The molecule has 1 aliphatic heterocycles. The monoisotopic (exact) mass is 195 g/mol.